The van der Waals surface area contributed by atoms with Crippen LogP contribution in [0.4, 0.5) is 10.1 Å². The van der Waals surface area contributed by atoms with E-state index in [0.717, 1.165) is 5.56 Å². The van der Waals surface area contributed by atoms with Gasteiger partial charge in [-0.1, -0.05) is 36.4 Å². The first-order valence-corrected chi connectivity index (χ1v) is 8.84. The summed E-state index contributed by atoms with van der Waals surface area (Å²) in [6.45, 7) is 1.50. The van der Waals surface area contributed by atoms with Crippen molar-refractivity contribution >= 4 is 11.6 Å². The quantitative estimate of drug-likeness (QED) is 0.766. The summed E-state index contributed by atoms with van der Waals surface area (Å²) in [4.78, 5) is 14.1. The van der Waals surface area contributed by atoms with Crippen LogP contribution in [0, 0.1) is 5.82 Å². The van der Waals surface area contributed by atoms with Crippen molar-refractivity contribution in [3.05, 3.63) is 65.5 Å². The number of benzene rings is 2. The molecule has 5 nitrogen and oxygen atoms in total. The van der Waals surface area contributed by atoms with E-state index >= 15 is 0 Å². The predicted octanol–water partition coefficient (Wildman–Crippen LogP) is 2.10. The molecular formula is C20H24FN3O2. The molecule has 1 aliphatic heterocycles. The molecule has 1 saturated heterocycles. The zero-order valence-corrected chi connectivity index (χ0v) is 14.6. The molecule has 1 atom stereocenters. The van der Waals surface area contributed by atoms with Crippen molar-refractivity contribution in [3.63, 3.8) is 0 Å². The van der Waals surface area contributed by atoms with E-state index in [1.54, 1.807) is 24.3 Å². The van der Waals surface area contributed by atoms with Gasteiger partial charge in [0.1, 0.15) is 11.9 Å². The van der Waals surface area contributed by atoms with E-state index in [4.69, 9.17) is 5.73 Å². The Bertz CT molecular complexity index is 746. The molecule has 0 aromatic heterocycles. The van der Waals surface area contributed by atoms with Gasteiger partial charge >= 0.3 is 0 Å². The number of carbonyl (C=O) groups is 1. The number of nitrogens with zero attached hydrogens (tertiary/aromatic N) is 1. The summed E-state index contributed by atoms with van der Waals surface area (Å²) in [6, 6.07) is 13.3. The number of aliphatic hydroxyl groups excluding tert-OH is 1. The molecule has 4 N–H and O–H groups in total. The Morgan fingerprint density at radius 1 is 1.23 bits per heavy atom. The van der Waals surface area contributed by atoms with Crippen molar-refractivity contribution < 1.29 is 14.3 Å². The van der Waals surface area contributed by atoms with Crippen LogP contribution < -0.4 is 16.0 Å². The number of anilines is 1. The van der Waals surface area contributed by atoms with Gasteiger partial charge < -0.3 is 21.1 Å². The van der Waals surface area contributed by atoms with Crippen molar-refractivity contribution in [2.75, 3.05) is 18.0 Å². The molecule has 1 aliphatic rings. The molecule has 0 radical (unpaired) electrons. The Balaban J connectivity index is 1.58. The number of aliphatic hydroxyl groups is 1. The van der Waals surface area contributed by atoms with Crippen molar-refractivity contribution in [3.8, 4) is 0 Å². The van der Waals surface area contributed by atoms with E-state index in [9.17, 15) is 14.3 Å². The third-order valence-electron chi connectivity index (χ3n) is 4.73. The Morgan fingerprint density at radius 2 is 1.92 bits per heavy atom. The minimum Gasteiger partial charge on any atom is -0.393 e. The number of nitrogens with one attached hydrogen (secondary N) is 1. The van der Waals surface area contributed by atoms with Gasteiger partial charge in [-0.2, -0.15) is 0 Å². The Hall–Kier alpha value is -2.44. The lowest BCUT2D eigenvalue weighted by Gasteiger charge is -2.31. The fourth-order valence-electron chi connectivity index (χ4n) is 3.13. The van der Waals surface area contributed by atoms with Gasteiger partial charge in [-0.25, -0.2) is 4.39 Å². The van der Waals surface area contributed by atoms with Crippen LogP contribution in [0.5, 0.6) is 0 Å². The number of carbonyl (C=O) groups excluding carboxylic acids is 1. The van der Waals surface area contributed by atoms with Crippen molar-refractivity contribution in [1.29, 1.82) is 0 Å². The van der Waals surface area contributed by atoms with Gasteiger partial charge in [0.05, 0.1) is 11.8 Å². The highest BCUT2D eigenvalue weighted by atomic mass is 19.1. The second-order valence-corrected chi connectivity index (χ2v) is 6.61. The highest BCUT2D eigenvalue weighted by Crippen LogP contribution is 2.24. The molecule has 0 aliphatic carbocycles. The lowest BCUT2D eigenvalue weighted by atomic mass is 10.1. The Morgan fingerprint density at radius 3 is 2.58 bits per heavy atom. The molecule has 0 spiro atoms. The van der Waals surface area contributed by atoms with Gasteiger partial charge in [0.25, 0.3) is 0 Å². The van der Waals surface area contributed by atoms with Crippen LogP contribution in [0.1, 0.15) is 30.0 Å². The summed E-state index contributed by atoms with van der Waals surface area (Å²) in [5.74, 6) is -0.619. The number of nitrogens with two attached hydrogens (primary N) is 1. The monoisotopic (exact) mass is 357 g/mol. The maximum atomic E-state index is 14.4. The fourth-order valence-corrected chi connectivity index (χ4v) is 3.13. The Kier molecular flexibility index (Phi) is 5.85. The van der Waals surface area contributed by atoms with Crippen molar-refractivity contribution in [2.24, 2.45) is 5.73 Å². The summed E-state index contributed by atoms with van der Waals surface area (Å²) in [5, 5.41) is 12.3. The van der Waals surface area contributed by atoms with Gasteiger partial charge in [-0.15, -0.1) is 0 Å². The van der Waals surface area contributed by atoms with E-state index in [1.807, 2.05) is 23.1 Å². The van der Waals surface area contributed by atoms with Crippen molar-refractivity contribution in [1.82, 2.24) is 5.32 Å². The molecule has 1 fully saturated rings. The number of halogens is 1. The molecule has 138 valence electrons. The summed E-state index contributed by atoms with van der Waals surface area (Å²) in [5.41, 5.74) is 7.90. The third kappa shape index (κ3) is 4.39. The maximum Gasteiger partial charge on any atom is 0.241 e. The lowest BCUT2D eigenvalue weighted by Crippen LogP contribution is -2.36. The average Bonchev–Trinajstić information content (AvgIpc) is 2.67. The summed E-state index contributed by atoms with van der Waals surface area (Å²) >= 11 is 0. The number of amides is 1. The van der Waals surface area contributed by atoms with Crippen molar-refractivity contribution in [2.45, 2.75) is 31.5 Å². The molecule has 1 heterocycles. The second-order valence-electron chi connectivity index (χ2n) is 6.61. The molecule has 1 unspecified atom stereocenters. The van der Waals surface area contributed by atoms with Crippen LogP contribution in [0.15, 0.2) is 48.5 Å². The molecule has 26 heavy (non-hydrogen) atoms. The molecule has 0 bridgehead atoms. The average molecular weight is 357 g/mol. The van der Waals surface area contributed by atoms with E-state index in [2.05, 4.69) is 5.32 Å². The third-order valence-corrected chi connectivity index (χ3v) is 4.73. The number of hydrogen-bond acceptors (Lipinski definition) is 4. The molecule has 3 rings (SSSR count). The fraction of sp³-hybridized carbons (Fsp3) is 0.350. The SMILES string of the molecule is NC(C(=O)NCc1ccc(N2CCC(O)CC2)c(F)c1)c1ccccc1. The first-order chi connectivity index (χ1) is 12.5. The van der Waals surface area contributed by atoms with Gasteiger partial charge in [0.15, 0.2) is 0 Å². The molecule has 2 aromatic rings. The van der Waals surface area contributed by atoms with E-state index in [-0.39, 0.29) is 24.4 Å². The van der Waals surface area contributed by atoms with E-state index in [1.165, 1.54) is 6.07 Å². The number of piperidine rings is 1. The van der Waals surface area contributed by atoms with Gasteiger partial charge in [0.2, 0.25) is 5.91 Å². The standard InChI is InChI=1S/C20H24FN3O2/c21-17-12-14(6-7-18(17)24-10-8-16(25)9-11-24)13-23-20(26)19(22)15-4-2-1-3-5-15/h1-7,12,16,19,25H,8-11,13,22H2,(H,23,26). The van der Waals surface area contributed by atoms with Crippen LogP contribution in [0.25, 0.3) is 0 Å². The Labute approximate surface area is 152 Å². The topological polar surface area (TPSA) is 78.6 Å². The van der Waals surface area contributed by atoms with Crippen LogP contribution in [-0.2, 0) is 11.3 Å². The number of hydrogen-bond donors (Lipinski definition) is 3. The highest BCUT2D eigenvalue weighted by molar-refractivity contribution is 5.82. The predicted molar refractivity (Wildman–Crippen MR) is 99.1 cm³/mol. The maximum absolute atomic E-state index is 14.4. The highest BCUT2D eigenvalue weighted by Gasteiger charge is 2.20. The van der Waals surface area contributed by atoms with Crippen LogP contribution in [-0.4, -0.2) is 30.2 Å². The zero-order chi connectivity index (χ0) is 18.5. The van der Waals surface area contributed by atoms with Gasteiger partial charge in [0, 0.05) is 19.6 Å². The van der Waals surface area contributed by atoms with Gasteiger partial charge in [-0.05, 0) is 36.1 Å². The van der Waals surface area contributed by atoms with E-state index in [0.29, 0.717) is 37.2 Å². The first kappa shape index (κ1) is 18.4. The van der Waals surface area contributed by atoms with Crippen LogP contribution in [0.3, 0.4) is 0 Å². The minimum absolute atomic E-state index is 0.218. The lowest BCUT2D eigenvalue weighted by molar-refractivity contribution is -0.122. The second kappa shape index (κ2) is 8.29. The van der Waals surface area contributed by atoms with Gasteiger partial charge in [-0.3, -0.25) is 4.79 Å². The largest absolute Gasteiger partial charge is 0.393 e. The normalized spacial score (nSPS) is 16.3. The first-order valence-electron chi connectivity index (χ1n) is 8.84. The molecule has 0 saturated carbocycles. The smallest absolute Gasteiger partial charge is 0.241 e. The molecule has 2 aromatic carbocycles. The summed E-state index contributed by atoms with van der Waals surface area (Å²) in [6.07, 6.45) is 1.00. The number of rotatable bonds is 5. The molecule has 6 heteroatoms. The summed E-state index contributed by atoms with van der Waals surface area (Å²) < 4.78 is 14.4. The minimum atomic E-state index is -0.750. The molecular weight excluding hydrogens is 333 g/mol. The molecule has 1 amide bonds. The summed E-state index contributed by atoms with van der Waals surface area (Å²) in [7, 11) is 0. The van der Waals surface area contributed by atoms with Crippen LogP contribution >= 0.6 is 0 Å². The zero-order valence-electron chi connectivity index (χ0n) is 14.6. The van der Waals surface area contributed by atoms with E-state index < -0.39 is 6.04 Å². The van der Waals surface area contributed by atoms with Crippen LogP contribution in [0.2, 0.25) is 0 Å².